The smallest absolute Gasteiger partial charge is 0.399 e. The van der Waals surface area contributed by atoms with Gasteiger partial charge in [-0.05, 0) is 42.4 Å². The molecule has 1 unspecified atom stereocenters. The number of Topliss-reactive ketones (excluding diaryl/α,β-unsaturated/α-hetero) is 1. The summed E-state index contributed by atoms with van der Waals surface area (Å²) in [5.41, 5.74) is 1.38. The third-order valence-electron chi connectivity index (χ3n) is 1.89. The molecule has 1 aromatic rings. The van der Waals surface area contributed by atoms with Crippen LogP contribution in [0, 0.1) is 0 Å². The first kappa shape index (κ1) is 14.2. The maximum absolute atomic E-state index is 12.3. The molecule has 0 amide bonds. The summed E-state index contributed by atoms with van der Waals surface area (Å²) in [4.78, 5) is 11.0. The molecular weight excluding hydrogens is 275 g/mol. The molecule has 0 bridgehead atoms. The average molecular weight is 284 g/mol. The molecule has 17 heavy (non-hydrogen) atoms. The van der Waals surface area contributed by atoms with Gasteiger partial charge in [-0.1, -0.05) is 0 Å². The van der Waals surface area contributed by atoms with Crippen LogP contribution >= 0.6 is 23.4 Å². The third-order valence-corrected chi connectivity index (χ3v) is 3.26. The van der Waals surface area contributed by atoms with E-state index in [0.29, 0.717) is 0 Å². The molecule has 0 radical (unpaired) electrons. The molecular formula is C10H9ClF3NOS. The normalized spacial score (nSPS) is 13.5. The molecule has 0 heterocycles. The first-order valence-electron chi connectivity index (χ1n) is 4.50. The minimum atomic E-state index is -4.43. The van der Waals surface area contributed by atoms with Gasteiger partial charge in [-0.15, -0.1) is 11.6 Å². The minimum absolute atomic E-state index is 0.0847. The Hall–Kier alpha value is -0.880. The van der Waals surface area contributed by atoms with E-state index in [-0.39, 0.29) is 27.9 Å². The number of carbonyl (C=O) groups excluding carboxylic acids is 1. The van der Waals surface area contributed by atoms with Crippen molar-refractivity contribution in [3.8, 4) is 0 Å². The highest BCUT2D eigenvalue weighted by Crippen LogP contribution is 2.42. The number of thioether (sulfide) groups is 1. The topological polar surface area (TPSA) is 43.1 Å². The highest BCUT2D eigenvalue weighted by molar-refractivity contribution is 8.00. The van der Waals surface area contributed by atoms with Crippen LogP contribution in [0.4, 0.5) is 18.9 Å². The number of carbonyl (C=O) groups is 1. The second-order valence-corrected chi connectivity index (χ2v) is 4.86. The summed E-state index contributed by atoms with van der Waals surface area (Å²) in [6, 6.07) is 3.83. The standard InChI is InChI=1S/C10H9ClF3NOS/c1-5(16)9(11)7-4-6(15)2-3-8(7)17-10(12,13)14/h2-4,9H,15H2,1H3. The fourth-order valence-corrected chi connectivity index (χ4v) is 2.13. The predicted molar refractivity (Wildman–Crippen MR) is 62.0 cm³/mol. The van der Waals surface area contributed by atoms with Gasteiger partial charge in [-0.2, -0.15) is 13.2 Å². The summed E-state index contributed by atoms with van der Waals surface area (Å²) in [6.45, 7) is 1.21. The van der Waals surface area contributed by atoms with Gasteiger partial charge >= 0.3 is 5.51 Å². The number of nitrogen functional groups attached to an aromatic ring is 1. The zero-order chi connectivity index (χ0) is 13.2. The van der Waals surface area contributed by atoms with Gasteiger partial charge in [0, 0.05) is 10.6 Å². The fraction of sp³-hybridized carbons (Fsp3) is 0.300. The van der Waals surface area contributed by atoms with Gasteiger partial charge in [0.2, 0.25) is 0 Å². The molecule has 1 rings (SSSR count). The number of ketones is 1. The monoisotopic (exact) mass is 283 g/mol. The van der Waals surface area contributed by atoms with Crippen molar-refractivity contribution in [3.63, 3.8) is 0 Å². The lowest BCUT2D eigenvalue weighted by Crippen LogP contribution is -2.07. The Bertz CT molecular complexity index is 436. The second kappa shape index (κ2) is 5.18. The van der Waals surface area contributed by atoms with Gasteiger partial charge < -0.3 is 5.73 Å². The lowest BCUT2D eigenvalue weighted by atomic mass is 10.1. The molecule has 0 spiro atoms. The Balaban J connectivity index is 3.17. The van der Waals surface area contributed by atoms with Crippen molar-refractivity contribution in [1.82, 2.24) is 0 Å². The maximum Gasteiger partial charge on any atom is 0.446 e. The molecule has 2 N–H and O–H groups in total. The first-order valence-corrected chi connectivity index (χ1v) is 5.75. The average Bonchev–Trinajstić information content (AvgIpc) is 2.17. The summed E-state index contributed by atoms with van der Waals surface area (Å²) < 4.78 is 36.9. The summed E-state index contributed by atoms with van der Waals surface area (Å²) in [6.07, 6.45) is 0. The molecule has 0 fully saturated rings. The Morgan fingerprint density at radius 3 is 2.53 bits per heavy atom. The number of nitrogens with two attached hydrogens (primary N) is 1. The molecule has 1 aromatic carbocycles. The molecule has 2 nitrogen and oxygen atoms in total. The summed E-state index contributed by atoms with van der Waals surface area (Å²) >= 11 is 5.45. The van der Waals surface area contributed by atoms with Gasteiger partial charge in [0.1, 0.15) is 5.38 Å². The first-order chi connectivity index (χ1) is 7.70. The summed E-state index contributed by atoms with van der Waals surface area (Å²) in [5, 5.41) is -1.12. The third kappa shape index (κ3) is 4.12. The van der Waals surface area contributed by atoms with Gasteiger partial charge in [0.05, 0.1) is 0 Å². The summed E-state index contributed by atoms with van der Waals surface area (Å²) in [7, 11) is 0. The molecule has 0 aliphatic rings. The molecule has 7 heteroatoms. The van der Waals surface area contributed by atoms with E-state index in [1.165, 1.54) is 25.1 Å². The van der Waals surface area contributed by atoms with Crippen molar-refractivity contribution in [2.75, 3.05) is 5.73 Å². The van der Waals surface area contributed by atoms with Crippen molar-refractivity contribution in [3.05, 3.63) is 23.8 Å². The Kier molecular flexibility index (Phi) is 4.32. The van der Waals surface area contributed by atoms with Crippen LogP contribution in [0.5, 0.6) is 0 Å². The molecule has 0 aliphatic carbocycles. The van der Waals surface area contributed by atoms with Crippen molar-refractivity contribution >= 4 is 34.8 Å². The Morgan fingerprint density at radius 2 is 2.06 bits per heavy atom. The van der Waals surface area contributed by atoms with Crippen molar-refractivity contribution in [2.45, 2.75) is 22.7 Å². The van der Waals surface area contributed by atoms with Crippen LogP contribution in [-0.2, 0) is 4.79 Å². The van der Waals surface area contributed by atoms with Crippen LogP contribution in [-0.4, -0.2) is 11.3 Å². The van der Waals surface area contributed by atoms with Crippen LogP contribution in [0.3, 0.4) is 0 Å². The van der Waals surface area contributed by atoms with E-state index in [0.717, 1.165) is 0 Å². The van der Waals surface area contributed by atoms with Crippen LogP contribution in [0.2, 0.25) is 0 Å². The number of hydrogen-bond donors (Lipinski definition) is 1. The lowest BCUT2D eigenvalue weighted by Gasteiger charge is -2.14. The number of hydrogen-bond acceptors (Lipinski definition) is 3. The van der Waals surface area contributed by atoms with Crippen molar-refractivity contribution < 1.29 is 18.0 Å². The van der Waals surface area contributed by atoms with E-state index < -0.39 is 16.7 Å². The van der Waals surface area contributed by atoms with Crippen LogP contribution in [0.15, 0.2) is 23.1 Å². The van der Waals surface area contributed by atoms with Crippen LogP contribution in [0.25, 0.3) is 0 Å². The zero-order valence-corrected chi connectivity index (χ0v) is 10.3. The Labute approximate surface area is 105 Å². The minimum Gasteiger partial charge on any atom is -0.399 e. The number of anilines is 1. The van der Waals surface area contributed by atoms with Gasteiger partial charge in [0.15, 0.2) is 5.78 Å². The quantitative estimate of drug-likeness (QED) is 0.522. The van der Waals surface area contributed by atoms with Crippen LogP contribution in [0.1, 0.15) is 17.9 Å². The van der Waals surface area contributed by atoms with Crippen molar-refractivity contribution in [2.24, 2.45) is 0 Å². The van der Waals surface area contributed by atoms with E-state index in [1.54, 1.807) is 0 Å². The summed E-state index contributed by atoms with van der Waals surface area (Å²) in [5.74, 6) is -0.429. The van der Waals surface area contributed by atoms with Gasteiger partial charge in [-0.3, -0.25) is 4.79 Å². The predicted octanol–water partition coefficient (Wildman–Crippen LogP) is 3.75. The fourth-order valence-electron chi connectivity index (χ4n) is 1.20. The molecule has 1 atom stereocenters. The maximum atomic E-state index is 12.3. The SMILES string of the molecule is CC(=O)C(Cl)c1cc(N)ccc1SC(F)(F)F. The molecule has 0 aliphatic heterocycles. The van der Waals surface area contributed by atoms with E-state index in [4.69, 9.17) is 17.3 Å². The van der Waals surface area contributed by atoms with E-state index in [1.807, 2.05) is 0 Å². The zero-order valence-electron chi connectivity index (χ0n) is 8.72. The second-order valence-electron chi connectivity index (χ2n) is 3.32. The van der Waals surface area contributed by atoms with Gasteiger partial charge in [-0.25, -0.2) is 0 Å². The van der Waals surface area contributed by atoms with E-state index in [2.05, 4.69) is 0 Å². The van der Waals surface area contributed by atoms with Gasteiger partial charge in [0.25, 0.3) is 0 Å². The Morgan fingerprint density at radius 1 is 1.47 bits per heavy atom. The molecule has 0 saturated heterocycles. The number of alkyl halides is 4. The number of rotatable bonds is 3. The highest BCUT2D eigenvalue weighted by atomic mass is 35.5. The molecule has 94 valence electrons. The molecule has 0 saturated carbocycles. The lowest BCUT2D eigenvalue weighted by molar-refractivity contribution is -0.116. The highest BCUT2D eigenvalue weighted by Gasteiger charge is 2.31. The van der Waals surface area contributed by atoms with E-state index in [9.17, 15) is 18.0 Å². The molecule has 0 aromatic heterocycles. The van der Waals surface area contributed by atoms with E-state index >= 15 is 0 Å². The van der Waals surface area contributed by atoms with Crippen LogP contribution < -0.4 is 5.73 Å². The number of halogens is 4. The van der Waals surface area contributed by atoms with Crippen molar-refractivity contribution in [1.29, 1.82) is 0 Å². The number of benzene rings is 1. The largest absolute Gasteiger partial charge is 0.446 e.